The quantitative estimate of drug-likeness (QED) is 0.191. The fourth-order valence-corrected chi connectivity index (χ4v) is 0. The SMILES string of the molecule is FC(F)F.O=[S-](=O)O.[Li+]. The van der Waals surface area contributed by atoms with E-state index in [0.717, 1.165) is 0 Å². The van der Waals surface area contributed by atoms with Crippen LogP contribution in [-0.2, 0) is 19.4 Å². The second-order valence-corrected chi connectivity index (χ2v) is 0.899. The summed E-state index contributed by atoms with van der Waals surface area (Å²) >= 11 is 0. The average molecular weight is 158 g/mol. The number of halogens is 3. The summed E-state index contributed by atoms with van der Waals surface area (Å²) in [5.41, 5.74) is 0. The van der Waals surface area contributed by atoms with Gasteiger partial charge in [0.05, 0.1) is 0 Å². The van der Waals surface area contributed by atoms with Crippen LogP contribution in [0.5, 0.6) is 0 Å². The van der Waals surface area contributed by atoms with E-state index in [4.69, 9.17) is 13.0 Å². The Bertz CT molecular complexity index is 92.5. The zero-order valence-electron chi connectivity index (χ0n) is 4.38. The predicted octanol–water partition coefficient (Wildman–Crippen LogP) is -2.05. The summed E-state index contributed by atoms with van der Waals surface area (Å²) in [6.07, 6.45) is 0. The molecule has 0 spiro atoms. The first kappa shape index (κ1) is 16.1. The predicted molar refractivity (Wildman–Crippen MR) is 18.5 cm³/mol. The minimum Gasteiger partial charge on any atom is -0.439 e. The molecule has 0 aromatic carbocycles. The maximum absolute atomic E-state index is 9.67. The van der Waals surface area contributed by atoms with Crippen LogP contribution in [0.15, 0.2) is 0 Å². The summed E-state index contributed by atoms with van der Waals surface area (Å²) in [5.74, 6) is 0. The molecule has 0 aliphatic carbocycles. The van der Waals surface area contributed by atoms with Crippen LogP contribution in [0.2, 0.25) is 0 Å². The third kappa shape index (κ3) is 3720. The zero-order chi connectivity index (χ0) is 7.15. The van der Waals surface area contributed by atoms with Crippen LogP contribution in [0.4, 0.5) is 13.2 Å². The van der Waals surface area contributed by atoms with Gasteiger partial charge < -0.3 is 13.0 Å². The number of hydrogen-bond acceptors (Lipinski definition) is 3. The molecule has 0 saturated heterocycles. The van der Waals surface area contributed by atoms with Crippen LogP contribution in [0.25, 0.3) is 0 Å². The Balaban J connectivity index is -0.0000000720. The zero-order valence-corrected chi connectivity index (χ0v) is 5.20. The first-order chi connectivity index (χ1) is 3.46. The molecule has 0 aromatic heterocycles. The van der Waals surface area contributed by atoms with Gasteiger partial charge in [-0.25, -0.2) is 0 Å². The van der Waals surface area contributed by atoms with Crippen molar-refractivity contribution in [1.82, 2.24) is 0 Å². The molecule has 0 radical (unpaired) electrons. The molecule has 0 heterocycles. The molecule has 0 amide bonds. The average Bonchev–Trinajstić information content (AvgIpc) is 1.25. The van der Waals surface area contributed by atoms with Gasteiger partial charge in [-0.2, -0.15) is 13.2 Å². The Hall–Kier alpha value is 0.297. The summed E-state index contributed by atoms with van der Waals surface area (Å²) in [6.45, 7) is -3.67. The van der Waals surface area contributed by atoms with Crippen LogP contribution in [0.1, 0.15) is 0 Å². The fourth-order valence-electron chi connectivity index (χ4n) is 0. The molecule has 0 aliphatic rings. The van der Waals surface area contributed by atoms with Gasteiger partial charge in [-0.05, 0) is 0 Å². The van der Waals surface area contributed by atoms with Crippen LogP contribution in [0, 0.1) is 0 Å². The molecule has 0 fully saturated rings. The van der Waals surface area contributed by atoms with Gasteiger partial charge in [0.25, 0.3) is 0 Å². The third-order valence-corrected chi connectivity index (χ3v) is 0. The van der Waals surface area contributed by atoms with E-state index in [2.05, 4.69) is 0 Å². The Labute approximate surface area is 63.2 Å². The molecular weight excluding hydrogens is 156 g/mol. The van der Waals surface area contributed by atoms with E-state index < -0.39 is 17.7 Å². The first-order valence-electron chi connectivity index (χ1n) is 1.17. The standard InChI is InChI=1S/CHF3.Li.HO3S/c2-1(3)4;;1-4(2)3/h1H;;(H,1,2,3)/q;+1;-1. The molecular formula is CH2F3LiO3S. The first-order valence-corrected chi connectivity index (χ1v) is 2.20. The number of hydrogen-bond donors (Lipinski definition) is 1. The molecule has 52 valence electrons. The second-order valence-electron chi connectivity index (χ2n) is 0.465. The molecule has 0 aromatic rings. The van der Waals surface area contributed by atoms with Crippen LogP contribution in [0.3, 0.4) is 0 Å². The van der Waals surface area contributed by atoms with Gasteiger partial charge in [0.15, 0.2) is 0 Å². The minimum absolute atomic E-state index is 0. The van der Waals surface area contributed by atoms with E-state index in [0.29, 0.717) is 0 Å². The largest absolute Gasteiger partial charge is 1.00 e. The van der Waals surface area contributed by atoms with E-state index in [-0.39, 0.29) is 18.9 Å². The van der Waals surface area contributed by atoms with E-state index in [1.807, 2.05) is 0 Å². The van der Waals surface area contributed by atoms with Crippen LogP contribution >= 0.6 is 0 Å². The van der Waals surface area contributed by atoms with Crippen molar-refractivity contribution in [3.05, 3.63) is 0 Å². The molecule has 0 rings (SSSR count). The monoisotopic (exact) mass is 158 g/mol. The van der Waals surface area contributed by atoms with Crippen molar-refractivity contribution in [3.8, 4) is 0 Å². The van der Waals surface area contributed by atoms with Gasteiger partial charge in [-0.1, -0.05) is 0 Å². The molecule has 0 bridgehead atoms. The maximum atomic E-state index is 9.67. The molecule has 0 atom stereocenters. The Morgan fingerprint density at radius 3 is 1.22 bits per heavy atom. The van der Waals surface area contributed by atoms with Crippen molar-refractivity contribution in [2.24, 2.45) is 0 Å². The van der Waals surface area contributed by atoms with Crippen molar-refractivity contribution < 1.29 is 45.0 Å². The van der Waals surface area contributed by atoms with Crippen molar-refractivity contribution >= 4 is 11.0 Å². The van der Waals surface area contributed by atoms with Crippen LogP contribution < -0.4 is 18.9 Å². The number of alkyl halides is 3. The number of rotatable bonds is 0. The van der Waals surface area contributed by atoms with Gasteiger partial charge in [0.2, 0.25) is 0 Å². The Morgan fingerprint density at radius 2 is 1.22 bits per heavy atom. The topological polar surface area (TPSA) is 54.4 Å². The van der Waals surface area contributed by atoms with Crippen molar-refractivity contribution in [1.29, 1.82) is 0 Å². The minimum atomic E-state index is -3.67. The molecule has 9 heavy (non-hydrogen) atoms. The van der Waals surface area contributed by atoms with E-state index in [1.54, 1.807) is 0 Å². The van der Waals surface area contributed by atoms with E-state index in [9.17, 15) is 13.2 Å². The van der Waals surface area contributed by atoms with E-state index in [1.165, 1.54) is 0 Å². The fraction of sp³-hybridized carbons (Fsp3) is 1.00. The van der Waals surface area contributed by atoms with Crippen molar-refractivity contribution in [2.75, 3.05) is 0 Å². The van der Waals surface area contributed by atoms with E-state index >= 15 is 0 Å². The van der Waals surface area contributed by atoms with Gasteiger partial charge in [-0.3, -0.25) is 0 Å². The van der Waals surface area contributed by atoms with Gasteiger partial charge in [0, 0.05) is 11.0 Å². The van der Waals surface area contributed by atoms with Gasteiger partial charge in [0.1, 0.15) is 0 Å². The van der Waals surface area contributed by atoms with Crippen LogP contribution in [-0.4, -0.2) is 11.2 Å². The normalized spacial score (nSPS) is 7.78. The van der Waals surface area contributed by atoms with Gasteiger partial charge >= 0.3 is 25.5 Å². The summed E-state index contributed by atoms with van der Waals surface area (Å²) in [7, 11) is -2.86. The smallest absolute Gasteiger partial charge is 0.439 e. The summed E-state index contributed by atoms with van der Waals surface area (Å²) in [4.78, 5) is 0. The molecule has 0 unspecified atom stereocenters. The maximum Gasteiger partial charge on any atom is 1.00 e. The second kappa shape index (κ2) is 11.1. The summed E-state index contributed by atoms with van der Waals surface area (Å²) < 4.78 is 53.1. The summed E-state index contributed by atoms with van der Waals surface area (Å²) in [6, 6.07) is 0. The Kier molecular flexibility index (Phi) is 20.0. The molecule has 1 N–H and O–H groups in total. The van der Waals surface area contributed by atoms with Gasteiger partial charge in [-0.15, -0.1) is 0 Å². The summed E-state index contributed by atoms with van der Waals surface area (Å²) in [5, 5.41) is 0. The third-order valence-electron chi connectivity index (χ3n) is 0. The molecule has 0 aliphatic heterocycles. The molecule has 3 nitrogen and oxygen atoms in total. The Morgan fingerprint density at radius 1 is 1.22 bits per heavy atom. The molecule has 8 heteroatoms. The van der Waals surface area contributed by atoms with Crippen molar-refractivity contribution in [2.45, 2.75) is 6.68 Å². The van der Waals surface area contributed by atoms with Crippen molar-refractivity contribution in [3.63, 3.8) is 0 Å². The molecule has 0 saturated carbocycles.